The Labute approximate surface area is 258 Å². The number of carbonyl (C=O) groups is 2. The van der Waals surface area contributed by atoms with Crippen LogP contribution in [0.3, 0.4) is 0 Å². The van der Waals surface area contributed by atoms with Crippen LogP contribution in [-0.2, 0) is 26.2 Å². The number of nitrogens with one attached hydrogen (secondary N) is 1. The molecular formula is C32H37Cl2N3O4S. The van der Waals surface area contributed by atoms with Gasteiger partial charge in [-0.15, -0.1) is 0 Å². The Morgan fingerprint density at radius 2 is 1.55 bits per heavy atom. The summed E-state index contributed by atoms with van der Waals surface area (Å²) in [5, 5.41) is 3.76. The van der Waals surface area contributed by atoms with Gasteiger partial charge in [-0.2, -0.15) is 0 Å². The minimum atomic E-state index is -4.12. The maximum atomic E-state index is 14.1. The van der Waals surface area contributed by atoms with Gasteiger partial charge < -0.3 is 10.2 Å². The van der Waals surface area contributed by atoms with Gasteiger partial charge >= 0.3 is 0 Å². The lowest BCUT2D eigenvalue weighted by Gasteiger charge is -2.32. The lowest BCUT2D eigenvalue weighted by molar-refractivity contribution is -0.139. The highest BCUT2D eigenvalue weighted by Gasteiger charge is 2.33. The molecular weight excluding hydrogens is 593 g/mol. The largest absolute Gasteiger partial charge is 0.352 e. The molecule has 3 aromatic rings. The lowest BCUT2D eigenvalue weighted by atomic mass is 10.0. The average molecular weight is 631 g/mol. The van der Waals surface area contributed by atoms with Crippen molar-refractivity contribution in [1.82, 2.24) is 10.2 Å². The van der Waals surface area contributed by atoms with Crippen molar-refractivity contribution in [3.05, 3.63) is 94.0 Å². The van der Waals surface area contributed by atoms with E-state index in [1.54, 1.807) is 55.5 Å². The van der Waals surface area contributed by atoms with Crippen molar-refractivity contribution < 1.29 is 18.0 Å². The van der Waals surface area contributed by atoms with Crippen molar-refractivity contribution in [2.45, 2.75) is 75.9 Å². The predicted molar refractivity (Wildman–Crippen MR) is 168 cm³/mol. The molecule has 1 saturated carbocycles. The second-order valence-electron chi connectivity index (χ2n) is 11.0. The Balaban J connectivity index is 1.70. The van der Waals surface area contributed by atoms with Gasteiger partial charge in [-0.05, 0) is 73.2 Å². The van der Waals surface area contributed by atoms with Crippen molar-refractivity contribution in [1.29, 1.82) is 0 Å². The summed E-state index contributed by atoms with van der Waals surface area (Å²) in [4.78, 5) is 28.9. The zero-order chi connectivity index (χ0) is 30.4. The third-order valence-electron chi connectivity index (χ3n) is 7.66. The highest BCUT2D eigenvalue weighted by atomic mass is 35.5. The number of nitrogens with zero attached hydrogens (tertiary/aromatic N) is 2. The molecule has 1 aliphatic rings. The van der Waals surface area contributed by atoms with E-state index in [0.29, 0.717) is 21.3 Å². The first-order valence-electron chi connectivity index (χ1n) is 14.2. The van der Waals surface area contributed by atoms with Crippen LogP contribution in [-0.4, -0.2) is 43.8 Å². The van der Waals surface area contributed by atoms with E-state index in [-0.39, 0.29) is 29.3 Å². The standard InChI is InChI=1S/C32H37Cl2N3O4S/c1-22(2)25-14-16-27(17-15-25)37(42(40,41)28-11-5-4-6-12-28)21-31(38)36(20-24-13-18-29(33)30(34)19-24)23(3)32(39)35-26-9-7-8-10-26/h4-6,11-19,22-23,26H,7-10,20-21H2,1-3H3,(H,35,39). The van der Waals surface area contributed by atoms with Crippen molar-refractivity contribution in [2.24, 2.45) is 0 Å². The molecule has 0 radical (unpaired) electrons. The second kappa shape index (κ2) is 13.9. The zero-order valence-electron chi connectivity index (χ0n) is 24.1. The van der Waals surface area contributed by atoms with Gasteiger partial charge in [0.25, 0.3) is 10.0 Å². The highest BCUT2D eigenvalue weighted by molar-refractivity contribution is 7.92. The van der Waals surface area contributed by atoms with Crippen molar-refractivity contribution in [2.75, 3.05) is 10.8 Å². The normalized spacial score (nSPS) is 14.5. The first kappa shape index (κ1) is 31.9. The van der Waals surface area contributed by atoms with E-state index < -0.39 is 28.5 Å². The molecule has 0 saturated heterocycles. The first-order chi connectivity index (χ1) is 20.0. The summed E-state index contributed by atoms with van der Waals surface area (Å²) in [6, 6.07) is 19.4. The van der Waals surface area contributed by atoms with Gasteiger partial charge in [0.15, 0.2) is 0 Å². The van der Waals surface area contributed by atoms with E-state index in [2.05, 4.69) is 19.2 Å². The zero-order valence-corrected chi connectivity index (χ0v) is 26.4. The summed E-state index contributed by atoms with van der Waals surface area (Å²) in [5.41, 5.74) is 2.06. The van der Waals surface area contributed by atoms with Crippen LogP contribution in [0.15, 0.2) is 77.7 Å². The molecule has 1 atom stereocenters. The molecule has 0 spiro atoms. The molecule has 1 fully saturated rings. The van der Waals surface area contributed by atoms with Gasteiger partial charge in [0.05, 0.1) is 20.6 Å². The summed E-state index contributed by atoms with van der Waals surface area (Å²) in [6.07, 6.45) is 3.89. The third kappa shape index (κ3) is 7.65. The summed E-state index contributed by atoms with van der Waals surface area (Å²) in [5.74, 6) is -0.558. The predicted octanol–water partition coefficient (Wildman–Crippen LogP) is 6.79. The summed E-state index contributed by atoms with van der Waals surface area (Å²) >= 11 is 12.4. The van der Waals surface area contributed by atoms with Crippen LogP contribution in [0.1, 0.15) is 63.5 Å². The van der Waals surface area contributed by atoms with Gasteiger partial charge in [0.1, 0.15) is 12.6 Å². The minimum Gasteiger partial charge on any atom is -0.352 e. The smallest absolute Gasteiger partial charge is 0.264 e. The first-order valence-corrected chi connectivity index (χ1v) is 16.4. The third-order valence-corrected chi connectivity index (χ3v) is 10.2. The Kier molecular flexibility index (Phi) is 10.6. The average Bonchev–Trinajstić information content (AvgIpc) is 3.49. The fourth-order valence-electron chi connectivity index (χ4n) is 5.08. The summed E-state index contributed by atoms with van der Waals surface area (Å²) in [6.45, 7) is 5.31. The number of rotatable bonds is 11. The molecule has 0 aromatic heterocycles. The Bertz CT molecular complexity index is 1490. The fourth-order valence-corrected chi connectivity index (χ4v) is 6.84. The van der Waals surface area contributed by atoms with E-state index >= 15 is 0 Å². The summed E-state index contributed by atoms with van der Waals surface area (Å²) in [7, 11) is -4.12. The molecule has 1 N–H and O–H groups in total. The molecule has 1 aliphatic carbocycles. The van der Waals surface area contributed by atoms with Gasteiger partial charge in [-0.3, -0.25) is 13.9 Å². The lowest BCUT2D eigenvalue weighted by Crippen LogP contribution is -2.52. The van der Waals surface area contributed by atoms with E-state index in [1.165, 1.54) is 17.0 Å². The minimum absolute atomic E-state index is 0.0422. The number of amides is 2. The Hall–Kier alpha value is -3.07. The van der Waals surface area contributed by atoms with Gasteiger partial charge in [0.2, 0.25) is 11.8 Å². The number of benzene rings is 3. The molecule has 7 nitrogen and oxygen atoms in total. The maximum Gasteiger partial charge on any atom is 0.264 e. The molecule has 224 valence electrons. The second-order valence-corrected chi connectivity index (χ2v) is 13.7. The SMILES string of the molecule is CC(C)c1ccc(N(CC(=O)N(Cc2ccc(Cl)c(Cl)c2)C(C)C(=O)NC2CCCC2)S(=O)(=O)c2ccccc2)cc1. The van der Waals surface area contributed by atoms with E-state index in [1.807, 2.05) is 12.1 Å². The number of hydrogen-bond donors (Lipinski definition) is 1. The molecule has 1 unspecified atom stereocenters. The Morgan fingerprint density at radius 1 is 0.905 bits per heavy atom. The van der Waals surface area contributed by atoms with Crippen molar-refractivity contribution in [3.63, 3.8) is 0 Å². The van der Waals surface area contributed by atoms with Crippen LogP contribution in [0.4, 0.5) is 5.69 Å². The van der Waals surface area contributed by atoms with E-state index in [9.17, 15) is 18.0 Å². The molecule has 0 heterocycles. The molecule has 0 bridgehead atoms. The van der Waals surface area contributed by atoms with Crippen LogP contribution in [0.5, 0.6) is 0 Å². The molecule has 10 heteroatoms. The number of sulfonamides is 1. The van der Waals surface area contributed by atoms with E-state index in [0.717, 1.165) is 35.6 Å². The van der Waals surface area contributed by atoms with Gasteiger partial charge in [-0.25, -0.2) is 8.42 Å². The van der Waals surface area contributed by atoms with Crippen molar-refractivity contribution in [3.8, 4) is 0 Å². The Morgan fingerprint density at radius 3 is 2.14 bits per heavy atom. The number of carbonyl (C=O) groups excluding carboxylic acids is 2. The quantitative estimate of drug-likeness (QED) is 0.253. The number of hydrogen-bond acceptors (Lipinski definition) is 4. The van der Waals surface area contributed by atoms with Gasteiger partial charge in [0, 0.05) is 12.6 Å². The maximum absolute atomic E-state index is 14.1. The number of halogens is 2. The van der Waals surface area contributed by atoms with Crippen molar-refractivity contribution >= 4 is 50.7 Å². The van der Waals surface area contributed by atoms with Crippen LogP contribution < -0.4 is 9.62 Å². The van der Waals surface area contributed by atoms with Crippen LogP contribution in [0.25, 0.3) is 0 Å². The fraction of sp³-hybridized carbons (Fsp3) is 0.375. The van der Waals surface area contributed by atoms with Crippen LogP contribution >= 0.6 is 23.2 Å². The van der Waals surface area contributed by atoms with Gasteiger partial charge in [-0.1, -0.05) is 86.3 Å². The van der Waals surface area contributed by atoms with E-state index in [4.69, 9.17) is 23.2 Å². The topological polar surface area (TPSA) is 86.8 Å². The highest BCUT2D eigenvalue weighted by Crippen LogP contribution is 2.28. The van der Waals surface area contributed by atoms with Crippen LogP contribution in [0, 0.1) is 0 Å². The summed E-state index contributed by atoms with van der Waals surface area (Å²) < 4.78 is 29.0. The monoisotopic (exact) mass is 629 g/mol. The molecule has 42 heavy (non-hydrogen) atoms. The molecule has 3 aromatic carbocycles. The molecule has 2 amide bonds. The molecule has 4 rings (SSSR count). The van der Waals surface area contributed by atoms with Crippen LogP contribution in [0.2, 0.25) is 10.0 Å². The molecule has 0 aliphatic heterocycles. The number of anilines is 1.